The Labute approximate surface area is 155 Å². The predicted molar refractivity (Wildman–Crippen MR) is 108 cm³/mol. The van der Waals surface area contributed by atoms with Gasteiger partial charge in [-0.2, -0.15) is 0 Å². The number of benzene rings is 2. The number of nitrogens with zero attached hydrogens (tertiary/aromatic N) is 1. The molecular weight excluding hydrogens is 320 g/mol. The molecule has 0 aliphatic heterocycles. The van der Waals surface area contributed by atoms with Crippen LogP contribution in [0.15, 0.2) is 54.6 Å². The molecule has 0 bridgehead atoms. The zero-order valence-electron chi connectivity index (χ0n) is 15.3. The second-order valence-corrected chi connectivity index (χ2v) is 7.35. The van der Waals surface area contributed by atoms with Crippen LogP contribution in [0.25, 0.3) is 10.9 Å². The summed E-state index contributed by atoms with van der Waals surface area (Å²) in [4.78, 5) is 0. The van der Waals surface area contributed by atoms with Crippen molar-refractivity contribution in [3.05, 3.63) is 71.4 Å². The van der Waals surface area contributed by atoms with E-state index in [0.29, 0.717) is 13.1 Å². The average Bonchev–Trinajstić information content (AvgIpc) is 3.00. The molecule has 2 N–H and O–H groups in total. The summed E-state index contributed by atoms with van der Waals surface area (Å²) in [7, 11) is 0. The van der Waals surface area contributed by atoms with E-state index in [0.717, 1.165) is 19.4 Å². The molecule has 1 heterocycles. The normalized spacial score (nSPS) is 15.1. The number of rotatable bonds is 7. The lowest BCUT2D eigenvalue weighted by atomic mass is 9.95. The van der Waals surface area contributed by atoms with Crippen molar-refractivity contribution < 1.29 is 5.11 Å². The number of hydrogen-bond donors (Lipinski definition) is 2. The first kappa shape index (κ1) is 17.3. The molecule has 0 fully saturated rings. The highest BCUT2D eigenvalue weighted by molar-refractivity contribution is 5.85. The Kier molecular flexibility index (Phi) is 5.37. The molecular formula is C23H28N2O. The highest BCUT2D eigenvalue weighted by Crippen LogP contribution is 2.32. The van der Waals surface area contributed by atoms with E-state index in [1.54, 1.807) is 0 Å². The van der Waals surface area contributed by atoms with Gasteiger partial charge in [0.25, 0.3) is 0 Å². The molecule has 0 amide bonds. The number of fused-ring (bicyclic) bond motifs is 3. The summed E-state index contributed by atoms with van der Waals surface area (Å²) in [6.07, 6.45) is 5.48. The quantitative estimate of drug-likeness (QED) is 0.639. The monoisotopic (exact) mass is 348 g/mol. The highest BCUT2D eigenvalue weighted by Gasteiger charge is 2.20. The van der Waals surface area contributed by atoms with Crippen LogP contribution in [0.5, 0.6) is 0 Å². The summed E-state index contributed by atoms with van der Waals surface area (Å²) in [6, 6.07) is 19.2. The van der Waals surface area contributed by atoms with Crippen molar-refractivity contribution >= 4 is 10.9 Å². The van der Waals surface area contributed by atoms with Crippen molar-refractivity contribution in [2.75, 3.05) is 13.1 Å². The van der Waals surface area contributed by atoms with Crippen molar-refractivity contribution in [2.24, 2.45) is 0 Å². The van der Waals surface area contributed by atoms with Gasteiger partial charge in [-0.05, 0) is 55.8 Å². The molecule has 0 unspecified atom stereocenters. The van der Waals surface area contributed by atoms with Crippen LogP contribution in [0.1, 0.15) is 29.7 Å². The fraction of sp³-hybridized carbons (Fsp3) is 0.391. The second-order valence-electron chi connectivity index (χ2n) is 7.35. The Balaban J connectivity index is 1.39. The largest absolute Gasteiger partial charge is 0.390 e. The maximum atomic E-state index is 10.6. The van der Waals surface area contributed by atoms with Crippen molar-refractivity contribution in [3.63, 3.8) is 0 Å². The minimum absolute atomic E-state index is 0.368. The minimum atomic E-state index is -0.368. The number of aryl methyl sites for hydroxylation is 1. The van der Waals surface area contributed by atoms with E-state index in [-0.39, 0.29) is 6.10 Å². The second kappa shape index (κ2) is 8.07. The third-order valence-electron chi connectivity index (χ3n) is 5.49. The van der Waals surface area contributed by atoms with Crippen molar-refractivity contribution in [1.82, 2.24) is 9.88 Å². The molecule has 0 spiro atoms. The number of aliphatic hydroxyl groups excluding tert-OH is 1. The van der Waals surface area contributed by atoms with Crippen LogP contribution in [0.4, 0.5) is 0 Å². The lowest BCUT2D eigenvalue weighted by Gasteiger charge is -2.19. The van der Waals surface area contributed by atoms with Crippen molar-refractivity contribution in [2.45, 2.75) is 44.8 Å². The van der Waals surface area contributed by atoms with Crippen LogP contribution >= 0.6 is 0 Å². The van der Waals surface area contributed by atoms with E-state index in [1.807, 2.05) is 6.07 Å². The van der Waals surface area contributed by atoms with Gasteiger partial charge >= 0.3 is 0 Å². The van der Waals surface area contributed by atoms with Gasteiger partial charge in [-0.15, -0.1) is 0 Å². The Morgan fingerprint density at radius 2 is 1.73 bits per heavy atom. The topological polar surface area (TPSA) is 37.2 Å². The van der Waals surface area contributed by atoms with Gasteiger partial charge in [-0.25, -0.2) is 0 Å². The molecule has 1 aliphatic carbocycles. The van der Waals surface area contributed by atoms with Crippen molar-refractivity contribution in [1.29, 1.82) is 0 Å². The average molecular weight is 348 g/mol. The lowest BCUT2D eigenvalue weighted by molar-refractivity contribution is 0.152. The number of aromatic nitrogens is 1. The molecule has 1 aromatic heterocycles. The molecule has 4 rings (SSSR count). The van der Waals surface area contributed by atoms with Gasteiger partial charge in [0.2, 0.25) is 0 Å². The molecule has 136 valence electrons. The first-order valence-electron chi connectivity index (χ1n) is 9.84. The number of nitrogens with one attached hydrogen (secondary N) is 1. The van der Waals surface area contributed by atoms with E-state index in [2.05, 4.69) is 58.4 Å². The van der Waals surface area contributed by atoms with Gasteiger partial charge in [-0.1, -0.05) is 48.5 Å². The minimum Gasteiger partial charge on any atom is -0.390 e. The van der Waals surface area contributed by atoms with Gasteiger partial charge in [0.05, 0.1) is 12.6 Å². The summed E-state index contributed by atoms with van der Waals surface area (Å²) < 4.78 is 2.37. The number of aliphatic hydroxyl groups is 1. The predicted octanol–water partition coefficient (Wildman–Crippen LogP) is 3.71. The van der Waals surface area contributed by atoms with Gasteiger partial charge in [-0.3, -0.25) is 0 Å². The molecule has 0 saturated carbocycles. The fourth-order valence-corrected chi connectivity index (χ4v) is 4.22. The third-order valence-corrected chi connectivity index (χ3v) is 5.49. The zero-order chi connectivity index (χ0) is 17.8. The molecule has 1 aliphatic rings. The molecule has 3 nitrogen and oxygen atoms in total. The molecule has 1 atom stereocenters. The first-order chi connectivity index (χ1) is 12.8. The first-order valence-corrected chi connectivity index (χ1v) is 9.84. The van der Waals surface area contributed by atoms with Crippen LogP contribution in [-0.4, -0.2) is 28.9 Å². The third kappa shape index (κ3) is 3.69. The van der Waals surface area contributed by atoms with Crippen LogP contribution in [0, 0.1) is 0 Å². The van der Waals surface area contributed by atoms with E-state index < -0.39 is 0 Å². The van der Waals surface area contributed by atoms with Crippen LogP contribution < -0.4 is 5.32 Å². The Bertz CT molecular complexity index is 853. The Morgan fingerprint density at radius 3 is 2.62 bits per heavy atom. The zero-order valence-corrected chi connectivity index (χ0v) is 15.3. The van der Waals surface area contributed by atoms with Crippen LogP contribution in [0.2, 0.25) is 0 Å². The summed E-state index contributed by atoms with van der Waals surface area (Å²) in [5, 5.41) is 15.4. The number of para-hydroxylation sites is 1. The van der Waals surface area contributed by atoms with E-state index >= 15 is 0 Å². The lowest BCUT2D eigenvalue weighted by Crippen LogP contribution is -2.32. The Hall–Kier alpha value is -2.10. The highest BCUT2D eigenvalue weighted by atomic mass is 16.3. The summed E-state index contributed by atoms with van der Waals surface area (Å²) >= 11 is 0. The molecule has 3 heteroatoms. The maximum absolute atomic E-state index is 10.6. The van der Waals surface area contributed by atoms with E-state index in [9.17, 15) is 5.11 Å². The molecule has 26 heavy (non-hydrogen) atoms. The molecule has 0 saturated heterocycles. The van der Waals surface area contributed by atoms with E-state index in [1.165, 1.54) is 47.0 Å². The Morgan fingerprint density at radius 1 is 0.962 bits per heavy atom. The summed E-state index contributed by atoms with van der Waals surface area (Å²) in [5.74, 6) is 0. The number of hydrogen-bond acceptors (Lipinski definition) is 2. The molecule has 0 radical (unpaired) electrons. The SMILES string of the molecule is O[C@H](CNCCc1ccccc1)Cn1c2c(c3ccccc31)CCCC2. The van der Waals surface area contributed by atoms with Gasteiger partial charge in [0.1, 0.15) is 0 Å². The molecule has 2 aromatic carbocycles. The van der Waals surface area contributed by atoms with E-state index in [4.69, 9.17) is 0 Å². The van der Waals surface area contributed by atoms with Gasteiger partial charge in [0.15, 0.2) is 0 Å². The standard InChI is InChI=1S/C23H28N2O/c26-19(16-24-15-14-18-8-2-1-3-9-18)17-25-22-12-6-4-10-20(22)21-11-5-7-13-23(21)25/h1-4,6,8-10,12,19,24,26H,5,7,11,13-17H2/t19-/m1/s1. The summed E-state index contributed by atoms with van der Waals surface area (Å²) in [5.41, 5.74) is 5.57. The maximum Gasteiger partial charge on any atom is 0.0843 e. The van der Waals surface area contributed by atoms with Crippen LogP contribution in [0.3, 0.4) is 0 Å². The van der Waals surface area contributed by atoms with Crippen LogP contribution in [-0.2, 0) is 25.8 Å². The summed E-state index contributed by atoms with van der Waals surface area (Å²) in [6.45, 7) is 2.20. The fourth-order valence-electron chi connectivity index (χ4n) is 4.22. The van der Waals surface area contributed by atoms with Gasteiger partial charge in [0, 0.05) is 23.1 Å². The van der Waals surface area contributed by atoms with Gasteiger partial charge < -0.3 is 15.0 Å². The smallest absolute Gasteiger partial charge is 0.0843 e. The molecule has 3 aromatic rings. The van der Waals surface area contributed by atoms with Crippen molar-refractivity contribution in [3.8, 4) is 0 Å².